The number of alkyl halides is 3. The first-order chi connectivity index (χ1) is 11.5. The van der Waals surface area contributed by atoms with E-state index in [-0.39, 0.29) is 5.92 Å². The third-order valence-electron chi connectivity index (χ3n) is 5.57. The molecule has 0 radical (unpaired) electrons. The van der Waals surface area contributed by atoms with Gasteiger partial charge in [0.15, 0.2) is 0 Å². The Hall–Kier alpha value is -1.05. The molecule has 1 aromatic carbocycles. The van der Waals surface area contributed by atoms with E-state index in [1.165, 1.54) is 6.07 Å². The Kier molecular flexibility index (Phi) is 4.71. The molecule has 2 heterocycles. The Morgan fingerprint density at radius 2 is 1.56 bits per heavy atom. The highest BCUT2D eigenvalue weighted by Crippen LogP contribution is 2.40. The van der Waals surface area contributed by atoms with E-state index in [0.29, 0.717) is 37.1 Å². The lowest BCUT2D eigenvalue weighted by Crippen LogP contribution is -2.41. The van der Waals surface area contributed by atoms with Gasteiger partial charge in [-0.25, -0.2) is 0 Å². The average Bonchev–Trinajstić information content (AvgIpc) is 2.75. The average molecular weight is 356 g/mol. The first kappa shape index (κ1) is 18.7. The minimum absolute atomic E-state index is 0.159. The van der Waals surface area contributed by atoms with Crippen LogP contribution in [0.15, 0.2) is 18.2 Å². The molecule has 0 spiro atoms. The molecule has 0 unspecified atom stereocenters. The molecule has 0 atom stereocenters. The SMILES string of the molecule is CC1(C)OB(c2ccc(C(F)(F)F)c(C3CCOCC3)c2)OC1(C)C. The summed E-state index contributed by atoms with van der Waals surface area (Å²) >= 11 is 0. The summed E-state index contributed by atoms with van der Waals surface area (Å²) in [5.74, 6) is -0.159. The lowest BCUT2D eigenvalue weighted by molar-refractivity contribution is -0.138. The minimum atomic E-state index is -4.37. The Bertz CT molecular complexity index is 621. The van der Waals surface area contributed by atoms with Gasteiger partial charge in [-0.15, -0.1) is 0 Å². The number of rotatable bonds is 2. The molecular weight excluding hydrogens is 332 g/mol. The highest BCUT2D eigenvalue weighted by molar-refractivity contribution is 6.62. The molecular formula is C18H24BF3O3. The van der Waals surface area contributed by atoms with E-state index < -0.39 is 30.1 Å². The van der Waals surface area contributed by atoms with Crippen molar-refractivity contribution in [3.05, 3.63) is 29.3 Å². The van der Waals surface area contributed by atoms with E-state index in [0.717, 1.165) is 6.07 Å². The van der Waals surface area contributed by atoms with Gasteiger partial charge in [-0.05, 0) is 57.5 Å². The third kappa shape index (κ3) is 3.59. The summed E-state index contributed by atoms with van der Waals surface area (Å²) in [6, 6.07) is 4.24. The van der Waals surface area contributed by atoms with Gasteiger partial charge in [0.2, 0.25) is 0 Å². The fourth-order valence-corrected chi connectivity index (χ4v) is 3.31. The van der Waals surface area contributed by atoms with Gasteiger partial charge in [-0.3, -0.25) is 0 Å². The maximum absolute atomic E-state index is 13.5. The second kappa shape index (κ2) is 6.29. The zero-order chi connectivity index (χ0) is 18.5. The predicted octanol–water partition coefficient (Wildman–Crippen LogP) is 3.90. The lowest BCUT2D eigenvalue weighted by Gasteiger charge is -2.32. The number of ether oxygens (including phenoxy) is 1. The van der Waals surface area contributed by atoms with Gasteiger partial charge in [-0.2, -0.15) is 13.2 Å². The van der Waals surface area contributed by atoms with E-state index in [1.807, 2.05) is 27.7 Å². The summed E-state index contributed by atoms with van der Waals surface area (Å²) in [6.07, 6.45) is -3.19. The van der Waals surface area contributed by atoms with Crippen molar-refractivity contribution < 1.29 is 27.2 Å². The van der Waals surface area contributed by atoms with Crippen molar-refractivity contribution in [1.29, 1.82) is 0 Å². The van der Waals surface area contributed by atoms with Crippen LogP contribution in [0.2, 0.25) is 0 Å². The Morgan fingerprint density at radius 1 is 1.00 bits per heavy atom. The van der Waals surface area contributed by atoms with E-state index in [1.54, 1.807) is 6.07 Å². The first-order valence-corrected chi connectivity index (χ1v) is 8.66. The number of hydrogen-bond donors (Lipinski definition) is 0. The van der Waals surface area contributed by atoms with Gasteiger partial charge < -0.3 is 14.0 Å². The highest BCUT2D eigenvalue weighted by Gasteiger charge is 2.52. The Balaban J connectivity index is 1.97. The van der Waals surface area contributed by atoms with E-state index in [2.05, 4.69) is 0 Å². The Labute approximate surface area is 147 Å². The van der Waals surface area contributed by atoms with Gasteiger partial charge in [0.25, 0.3) is 0 Å². The zero-order valence-electron chi connectivity index (χ0n) is 15.1. The third-order valence-corrected chi connectivity index (χ3v) is 5.57. The molecule has 0 aromatic heterocycles. The molecule has 0 aliphatic carbocycles. The smallest absolute Gasteiger partial charge is 0.399 e. The van der Waals surface area contributed by atoms with Gasteiger partial charge in [0.1, 0.15) is 0 Å². The number of halogens is 3. The van der Waals surface area contributed by atoms with E-state index >= 15 is 0 Å². The van der Waals surface area contributed by atoms with Crippen LogP contribution in [0.25, 0.3) is 0 Å². The largest absolute Gasteiger partial charge is 0.494 e. The number of benzene rings is 1. The molecule has 25 heavy (non-hydrogen) atoms. The van der Waals surface area contributed by atoms with E-state index in [4.69, 9.17) is 14.0 Å². The number of hydrogen-bond acceptors (Lipinski definition) is 3. The summed E-state index contributed by atoms with van der Waals surface area (Å²) in [5.41, 5.74) is -0.672. The first-order valence-electron chi connectivity index (χ1n) is 8.66. The molecule has 2 aliphatic heterocycles. The molecule has 0 amide bonds. The second-order valence-corrected chi connectivity index (χ2v) is 7.82. The van der Waals surface area contributed by atoms with Crippen LogP contribution in [0.5, 0.6) is 0 Å². The molecule has 2 fully saturated rings. The van der Waals surface area contributed by atoms with Gasteiger partial charge >= 0.3 is 13.3 Å². The van der Waals surface area contributed by atoms with Crippen LogP contribution >= 0.6 is 0 Å². The van der Waals surface area contributed by atoms with Gasteiger partial charge in [0, 0.05) is 13.2 Å². The highest BCUT2D eigenvalue weighted by atomic mass is 19.4. The molecule has 2 saturated heterocycles. The summed E-state index contributed by atoms with van der Waals surface area (Å²) in [4.78, 5) is 0. The van der Waals surface area contributed by atoms with Crippen molar-refractivity contribution in [2.24, 2.45) is 0 Å². The van der Waals surface area contributed by atoms with Crippen molar-refractivity contribution in [1.82, 2.24) is 0 Å². The van der Waals surface area contributed by atoms with Crippen molar-refractivity contribution in [3.8, 4) is 0 Å². The second-order valence-electron chi connectivity index (χ2n) is 7.82. The summed E-state index contributed by atoms with van der Waals surface area (Å²) < 4.78 is 57.7. The van der Waals surface area contributed by atoms with Gasteiger partial charge in [0.05, 0.1) is 16.8 Å². The normalized spacial score (nSPS) is 23.9. The molecule has 7 heteroatoms. The summed E-state index contributed by atoms with van der Waals surface area (Å²) in [7, 11) is -0.661. The van der Waals surface area contributed by atoms with Crippen molar-refractivity contribution >= 4 is 12.6 Å². The van der Waals surface area contributed by atoms with E-state index in [9.17, 15) is 13.2 Å². The van der Waals surface area contributed by atoms with Crippen LogP contribution in [0.1, 0.15) is 57.6 Å². The molecule has 3 rings (SSSR count). The summed E-state index contributed by atoms with van der Waals surface area (Å²) in [6.45, 7) is 8.69. The molecule has 0 saturated carbocycles. The minimum Gasteiger partial charge on any atom is -0.399 e. The van der Waals surface area contributed by atoms with Crippen molar-refractivity contribution in [2.45, 2.75) is 63.8 Å². The zero-order valence-corrected chi connectivity index (χ0v) is 15.1. The maximum Gasteiger partial charge on any atom is 0.494 e. The fraction of sp³-hybridized carbons (Fsp3) is 0.667. The molecule has 3 nitrogen and oxygen atoms in total. The van der Waals surface area contributed by atoms with Crippen molar-refractivity contribution in [3.63, 3.8) is 0 Å². The van der Waals surface area contributed by atoms with Crippen LogP contribution in [0.3, 0.4) is 0 Å². The molecule has 138 valence electrons. The topological polar surface area (TPSA) is 27.7 Å². The van der Waals surface area contributed by atoms with Crippen LogP contribution in [-0.4, -0.2) is 31.5 Å². The van der Waals surface area contributed by atoms with Crippen LogP contribution in [0, 0.1) is 0 Å². The van der Waals surface area contributed by atoms with Crippen LogP contribution in [0.4, 0.5) is 13.2 Å². The monoisotopic (exact) mass is 356 g/mol. The van der Waals surface area contributed by atoms with Crippen molar-refractivity contribution in [2.75, 3.05) is 13.2 Å². The maximum atomic E-state index is 13.5. The predicted molar refractivity (Wildman–Crippen MR) is 90.0 cm³/mol. The molecule has 2 aliphatic rings. The fourth-order valence-electron chi connectivity index (χ4n) is 3.31. The quantitative estimate of drug-likeness (QED) is 0.753. The van der Waals surface area contributed by atoms with Crippen LogP contribution in [-0.2, 0) is 20.2 Å². The van der Waals surface area contributed by atoms with Crippen LogP contribution < -0.4 is 5.46 Å². The Morgan fingerprint density at radius 3 is 2.08 bits per heavy atom. The van der Waals surface area contributed by atoms with Gasteiger partial charge in [-0.1, -0.05) is 18.2 Å². The molecule has 1 aromatic rings. The standard InChI is InChI=1S/C18H24BF3O3/c1-16(2)17(3,4)25-19(24-16)13-5-6-15(18(20,21)22)14(11-13)12-7-9-23-10-8-12/h5-6,11-12H,7-10H2,1-4H3. The lowest BCUT2D eigenvalue weighted by atomic mass is 9.75. The summed E-state index contributed by atoms with van der Waals surface area (Å²) in [5, 5.41) is 0. The molecule has 0 N–H and O–H groups in total. The molecule has 0 bridgehead atoms.